The van der Waals surface area contributed by atoms with Gasteiger partial charge in [0.2, 0.25) is 11.8 Å². The van der Waals surface area contributed by atoms with E-state index >= 15 is 0 Å². The van der Waals surface area contributed by atoms with Crippen molar-refractivity contribution < 1.29 is 31.9 Å². The number of rotatable bonds is 7. The Kier molecular flexibility index (Phi) is 6.60. The molecule has 0 aliphatic heterocycles. The minimum absolute atomic E-state index is 0.135. The Morgan fingerprint density at radius 3 is 2.10 bits per heavy atom. The van der Waals surface area contributed by atoms with Crippen molar-refractivity contribution in [1.29, 1.82) is 0 Å². The summed E-state index contributed by atoms with van der Waals surface area (Å²) in [6, 6.07) is 19.4. The Morgan fingerprint density at radius 1 is 0.857 bits per heavy atom. The fraction of sp³-hybridized carbons (Fsp3) is 0.133. The number of pyridine rings is 1. The summed E-state index contributed by atoms with van der Waals surface area (Å²) in [5, 5.41) is 11.8. The molecule has 42 heavy (non-hydrogen) atoms. The summed E-state index contributed by atoms with van der Waals surface area (Å²) >= 11 is 0. The average molecular weight is 576 g/mol. The van der Waals surface area contributed by atoms with Gasteiger partial charge in [0.05, 0.1) is 11.2 Å². The van der Waals surface area contributed by atoms with E-state index in [0.717, 1.165) is 6.07 Å². The number of fused-ring (bicyclic) bond motifs is 1. The third-order valence-electron chi connectivity index (χ3n) is 6.94. The van der Waals surface area contributed by atoms with Gasteiger partial charge in [-0.25, -0.2) is 4.39 Å². The van der Waals surface area contributed by atoms with Gasteiger partial charge in [0.25, 0.3) is 0 Å². The van der Waals surface area contributed by atoms with Crippen LogP contribution in [0.15, 0.2) is 85.1 Å². The van der Waals surface area contributed by atoms with Crippen molar-refractivity contribution in [2.75, 3.05) is 10.6 Å². The van der Waals surface area contributed by atoms with Gasteiger partial charge < -0.3 is 15.4 Å². The first-order valence-corrected chi connectivity index (χ1v) is 12.8. The molecule has 0 atom stereocenters. The molecule has 2 heterocycles. The van der Waals surface area contributed by atoms with Crippen molar-refractivity contribution in [3.05, 3.63) is 96.6 Å². The largest absolute Gasteiger partial charge is 0.457 e. The Hall–Kier alpha value is -5.26. The molecule has 0 radical (unpaired) electrons. The topological polar surface area (TPSA) is 109 Å². The number of nitrogens with one attached hydrogen (secondary N) is 3. The lowest BCUT2D eigenvalue weighted by molar-refractivity contribution is -0.141. The van der Waals surface area contributed by atoms with Gasteiger partial charge in [-0.05, 0) is 85.6 Å². The number of amides is 2. The van der Waals surface area contributed by atoms with Gasteiger partial charge in [0.15, 0.2) is 0 Å². The predicted octanol–water partition coefficient (Wildman–Crippen LogP) is 6.93. The lowest BCUT2D eigenvalue weighted by atomic mass is 10.0. The first kappa shape index (κ1) is 26.9. The van der Waals surface area contributed by atoms with E-state index in [0.29, 0.717) is 52.2 Å². The Morgan fingerprint density at radius 2 is 1.50 bits per heavy atom. The van der Waals surface area contributed by atoms with E-state index in [9.17, 15) is 27.2 Å². The van der Waals surface area contributed by atoms with Crippen LogP contribution in [0.1, 0.15) is 18.5 Å². The predicted molar refractivity (Wildman–Crippen MR) is 146 cm³/mol. The van der Waals surface area contributed by atoms with Crippen LogP contribution in [0.5, 0.6) is 11.5 Å². The quantitative estimate of drug-likeness (QED) is 0.144. The zero-order valence-corrected chi connectivity index (χ0v) is 21.6. The number of hydrogen-bond acceptors (Lipinski definition) is 5. The highest BCUT2D eigenvalue weighted by atomic mass is 19.4. The van der Waals surface area contributed by atoms with Crippen LogP contribution in [0.4, 0.5) is 28.9 Å². The number of nitrogens with zero attached hydrogens (tertiary/aromatic N) is 2. The monoisotopic (exact) mass is 575 g/mol. The number of anilines is 2. The number of carbonyl (C=O) groups is 2. The number of aromatic amines is 1. The molecule has 0 spiro atoms. The summed E-state index contributed by atoms with van der Waals surface area (Å²) in [5.41, 5.74) is -0.174. The number of H-pyrrole nitrogens is 1. The van der Waals surface area contributed by atoms with E-state index in [-0.39, 0.29) is 5.69 Å². The third-order valence-corrected chi connectivity index (χ3v) is 6.94. The SMILES string of the molecule is O=C(Nc1ccc(F)cc1)C1(C(=O)Nc2ccc(Oc3ccnc4cc(-c5cc(C(F)(F)F)[nH]n5)ccc34)cc2)CC1. The molecule has 1 aliphatic carbocycles. The lowest BCUT2D eigenvalue weighted by Gasteiger charge is -2.16. The molecular formula is C30H21F4N5O3. The van der Waals surface area contributed by atoms with Crippen LogP contribution < -0.4 is 15.4 Å². The molecule has 1 aliphatic rings. The van der Waals surface area contributed by atoms with Crippen molar-refractivity contribution in [3.63, 3.8) is 0 Å². The highest BCUT2D eigenvalue weighted by Gasteiger charge is 2.56. The summed E-state index contributed by atoms with van der Waals surface area (Å²) in [4.78, 5) is 30.0. The molecule has 5 aromatic rings. The van der Waals surface area contributed by atoms with Crippen LogP contribution >= 0.6 is 0 Å². The van der Waals surface area contributed by atoms with Crippen molar-refractivity contribution >= 4 is 34.1 Å². The summed E-state index contributed by atoms with van der Waals surface area (Å²) in [5.74, 6) is -0.391. The van der Waals surface area contributed by atoms with Crippen LogP contribution in [0.25, 0.3) is 22.2 Å². The van der Waals surface area contributed by atoms with E-state index in [1.165, 1.54) is 30.5 Å². The Balaban J connectivity index is 1.13. The molecule has 3 N–H and O–H groups in total. The van der Waals surface area contributed by atoms with E-state index < -0.39 is 34.9 Å². The summed E-state index contributed by atoms with van der Waals surface area (Å²) < 4.78 is 58.0. The molecule has 212 valence electrons. The number of carbonyl (C=O) groups excluding carboxylic acids is 2. The second-order valence-corrected chi connectivity index (χ2v) is 9.83. The number of alkyl halides is 3. The fourth-order valence-electron chi connectivity index (χ4n) is 4.44. The third kappa shape index (κ3) is 5.38. The number of aromatic nitrogens is 3. The molecule has 0 bridgehead atoms. The molecule has 3 aromatic carbocycles. The van der Waals surface area contributed by atoms with Gasteiger partial charge >= 0.3 is 6.18 Å². The Labute approximate surface area is 235 Å². The van der Waals surface area contributed by atoms with E-state index in [1.807, 2.05) is 5.10 Å². The maximum atomic E-state index is 13.1. The van der Waals surface area contributed by atoms with Crippen molar-refractivity contribution in [1.82, 2.24) is 15.2 Å². The standard InChI is InChI=1S/C30H21F4N5O3/c31-18-2-4-19(5-3-18)36-27(40)29(12-13-29)28(41)37-20-6-8-21(9-7-20)42-25-11-14-35-24-15-17(1-10-22(24)25)23-16-26(39-38-23)30(32,33)34/h1-11,14-16H,12-13H2,(H,36,40)(H,37,41)(H,38,39). The van der Waals surface area contributed by atoms with Gasteiger partial charge in [-0.15, -0.1) is 0 Å². The van der Waals surface area contributed by atoms with Gasteiger partial charge in [-0.3, -0.25) is 19.7 Å². The normalized spacial score (nSPS) is 13.9. The van der Waals surface area contributed by atoms with E-state index in [1.54, 1.807) is 48.5 Å². The number of ether oxygens (including phenoxy) is 1. The van der Waals surface area contributed by atoms with Crippen LogP contribution in [0.3, 0.4) is 0 Å². The number of hydrogen-bond donors (Lipinski definition) is 3. The van der Waals surface area contributed by atoms with E-state index in [2.05, 4.69) is 20.7 Å². The molecule has 0 saturated heterocycles. The van der Waals surface area contributed by atoms with Crippen molar-refractivity contribution in [2.24, 2.45) is 5.41 Å². The molecule has 2 amide bonds. The molecule has 6 rings (SSSR count). The maximum Gasteiger partial charge on any atom is 0.432 e. The first-order valence-electron chi connectivity index (χ1n) is 12.8. The van der Waals surface area contributed by atoms with Gasteiger partial charge in [0, 0.05) is 28.5 Å². The number of benzene rings is 3. The second kappa shape index (κ2) is 10.3. The van der Waals surface area contributed by atoms with Gasteiger partial charge in [-0.2, -0.15) is 18.3 Å². The van der Waals surface area contributed by atoms with Crippen molar-refractivity contribution in [2.45, 2.75) is 19.0 Å². The molecule has 8 nitrogen and oxygen atoms in total. The van der Waals surface area contributed by atoms with Gasteiger partial charge in [0.1, 0.15) is 28.4 Å². The Bertz CT molecular complexity index is 1800. The van der Waals surface area contributed by atoms with Crippen molar-refractivity contribution in [3.8, 4) is 22.8 Å². The molecule has 2 aromatic heterocycles. The first-order chi connectivity index (χ1) is 20.1. The van der Waals surface area contributed by atoms with E-state index in [4.69, 9.17) is 4.74 Å². The summed E-state index contributed by atoms with van der Waals surface area (Å²) in [6.45, 7) is 0. The highest BCUT2D eigenvalue weighted by molar-refractivity contribution is 6.16. The maximum absolute atomic E-state index is 13.1. The zero-order chi connectivity index (χ0) is 29.5. The second-order valence-electron chi connectivity index (χ2n) is 9.83. The molecule has 0 unspecified atom stereocenters. The summed E-state index contributed by atoms with van der Waals surface area (Å²) in [7, 11) is 0. The minimum Gasteiger partial charge on any atom is -0.457 e. The lowest BCUT2D eigenvalue weighted by Crippen LogP contribution is -2.35. The van der Waals surface area contributed by atoms with Gasteiger partial charge in [-0.1, -0.05) is 6.07 Å². The minimum atomic E-state index is -4.53. The average Bonchev–Trinajstić information content (AvgIpc) is 3.63. The number of halogens is 4. The fourth-order valence-corrected chi connectivity index (χ4v) is 4.44. The zero-order valence-electron chi connectivity index (χ0n) is 21.6. The molecule has 1 fully saturated rings. The van der Waals surface area contributed by atoms with Crippen LogP contribution in [0.2, 0.25) is 0 Å². The molecule has 1 saturated carbocycles. The summed E-state index contributed by atoms with van der Waals surface area (Å²) in [6.07, 6.45) is -2.21. The van der Waals surface area contributed by atoms with Crippen LogP contribution in [-0.4, -0.2) is 27.0 Å². The molecular weight excluding hydrogens is 554 g/mol. The highest BCUT2D eigenvalue weighted by Crippen LogP contribution is 2.47. The molecule has 12 heteroatoms. The smallest absolute Gasteiger partial charge is 0.432 e. The van der Waals surface area contributed by atoms with Crippen LogP contribution in [0, 0.1) is 11.2 Å². The van der Waals surface area contributed by atoms with Crippen LogP contribution in [-0.2, 0) is 15.8 Å².